The first-order valence-corrected chi connectivity index (χ1v) is 7.95. The Morgan fingerprint density at radius 1 is 1.33 bits per heavy atom. The summed E-state index contributed by atoms with van der Waals surface area (Å²) in [5.41, 5.74) is 0. The number of rotatable bonds is 6. The van der Waals surface area contributed by atoms with Crippen molar-refractivity contribution >= 4 is 5.91 Å². The number of aromatic nitrogens is 2. The summed E-state index contributed by atoms with van der Waals surface area (Å²) >= 11 is 0. The van der Waals surface area contributed by atoms with E-state index in [1.807, 2.05) is 26.0 Å². The van der Waals surface area contributed by atoms with Crippen LogP contribution in [0.4, 0.5) is 0 Å². The fraction of sp³-hybridized carbons (Fsp3) is 0.471. The Bertz CT molecular complexity index is 707. The minimum absolute atomic E-state index is 0.0197. The highest BCUT2D eigenvalue weighted by Crippen LogP contribution is 2.28. The number of carbonyl (C=O) groups is 1. The number of methoxy groups -OCH3 is 1. The number of carbonyl (C=O) groups excluding carboxylic acids is 1. The fourth-order valence-electron chi connectivity index (χ4n) is 2.45. The highest BCUT2D eigenvalue weighted by atomic mass is 16.5. The first kappa shape index (κ1) is 16.3. The largest absolute Gasteiger partial charge is 0.493 e. The van der Waals surface area contributed by atoms with Crippen LogP contribution in [0.25, 0.3) is 0 Å². The average Bonchev–Trinajstić information content (AvgIpc) is 3.01. The van der Waals surface area contributed by atoms with Gasteiger partial charge < -0.3 is 18.9 Å². The number of hydrogen-bond acceptors (Lipinski definition) is 6. The number of nitrogens with zero attached hydrogens (tertiary/aromatic N) is 3. The number of hydrogen-bond donors (Lipinski definition) is 0. The van der Waals surface area contributed by atoms with Gasteiger partial charge in [-0.25, -0.2) is 0 Å². The third-order valence-corrected chi connectivity index (χ3v) is 3.98. The molecule has 0 saturated carbocycles. The first-order chi connectivity index (χ1) is 11.6. The lowest BCUT2D eigenvalue weighted by Crippen LogP contribution is -2.50. The van der Waals surface area contributed by atoms with Gasteiger partial charge in [0.05, 0.1) is 13.0 Å². The maximum atomic E-state index is 12.2. The maximum absolute atomic E-state index is 12.2. The number of para-hydroxylation sites is 2. The summed E-state index contributed by atoms with van der Waals surface area (Å²) in [6, 6.07) is 7.26. The van der Waals surface area contributed by atoms with Gasteiger partial charge in [-0.3, -0.25) is 4.79 Å². The molecule has 7 nitrogen and oxygen atoms in total. The number of likely N-dealkylation sites (tertiary alicyclic amines) is 1. The van der Waals surface area contributed by atoms with Crippen molar-refractivity contribution in [1.29, 1.82) is 0 Å². The van der Waals surface area contributed by atoms with Crippen molar-refractivity contribution in [2.24, 2.45) is 0 Å². The summed E-state index contributed by atoms with van der Waals surface area (Å²) < 4.78 is 16.0. The van der Waals surface area contributed by atoms with Gasteiger partial charge in [-0.1, -0.05) is 31.1 Å². The van der Waals surface area contributed by atoms with Crippen LogP contribution in [0, 0.1) is 0 Å². The SMILES string of the molecule is COc1ccccc1OCC(=O)N1CC(c2nc(C(C)C)no2)C1. The third-order valence-electron chi connectivity index (χ3n) is 3.98. The number of benzene rings is 1. The van der Waals surface area contributed by atoms with Crippen LogP contribution in [-0.2, 0) is 4.79 Å². The van der Waals surface area contributed by atoms with Crippen LogP contribution in [0.15, 0.2) is 28.8 Å². The van der Waals surface area contributed by atoms with Gasteiger partial charge >= 0.3 is 0 Å². The second-order valence-electron chi connectivity index (χ2n) is 6.08. The van der Waals surface area contributed by atoms with Crippen molar-refractivity contribution in [3.63, 3.8) is 0 Å². The molecular formula is C17H21N3O4. The molecule has 1 aromatic heterocycles. The molecule has 0 unspecified atom stereocenters. The predicted octanol–water partition coefficient (Wildman–Crippen LogP) is 2.21. The van der Waals surface area contributed by atoms with Gasteiger partial charge in [-0.2, -0.15) is 4.98 Å². The smallest absolute Gasteiger partial charge is 0.260 e. The molecule has 1 aliphatic heterocycles. The van der Waals surface area contributed by atoms with E-state index in [0.717, 1.165) is 0 Å². The highest BCUT2D eigenvalue weighted by molar-refractivity contribution is 5.78. The Labute approximate surface area is 140 Å². The zero-order valence-corrected chi connectivity index (χ0v) is 14.1. The minimum atomic E-state index is -0.0687. The second kappa shape index (κ2) is 6.90. The van der Waals surface area contributed by atoms with E-state index in [1.165, 1.54) is 0 Å². The van der Waals surface area contributed by atoms with Crippen molar-refractivity contribution in [2.45, 2.75) is 25.7 Å². The molecule has 0 spiro atoms. The molecule has 0 atom stereocenters. The molecule has 1 fully saturated rings. The molecule has 0 radical (unpaired) electrons. The van der Waals surface area contributed by atoms with Gasteiger partial charge in [-0.05, 0) is 12.1 Å². The van der Waals surface area contributed by atoms with Crippen molar-refractivity contribution in [2.75, 3.05) is 26.8 Å². The first-order valence-electron chi connectivity index (χ1n) is 7.95. The topological polar surface area (TPSA) is 77.7 Å². The standard InChI is InChI=1S/C17H21N3O4/c1-11(2)16-18-17(24-19-16)12-8-20(9-12)15(21)10-23-14-7-5-4-6-13(14)22-3/h4-7,11-12H,8-10H2,1-3H3. The van der Waals surface area contributed by atoms with Gasteiger partial charge in [0.15, 0.2) is 23.9 Å². The van der Waals surface area contributed by atoms with Gasteiger partial charge in [0.25, 0.3) is 5.91 Å². The van der Waals surface area contributed by atoms with E-state index in [-0.39, 0.29) is 24.3 Å². The van der Waals surface area contributed by atoms with Gasteiger partial charge in [0.2, 0.25) is 5.89 Å². The lowest BCUT2D eigenvalue weighted by atomic mass is 10.00. The van der Waals surface area contributed by atoms with E-state index in [4.69, 9.17) is 14.0 Å². The van der Waals surface area contributed by atoms with Gasteiger partial charge in [-0.15, -0.1) is 0 Å². The molecule has 0 aliphatic carbocycles. The fourth-order valence-corrected chi connectivity index (χ4v) is 2.45. The van der Waals surface area contributed by atoms with Crippen molar-refractivity contribution in [3.8, 4) is 11.5 Å². The molecule has 7 heteroatoms. The lowest BCUT2D eigenvalue weighted by Gasteiger charge is -2.36. The maximum Gasteiger partial charge on any atom is 0.260 e. The van der Waals surface area contributed by atoms with Gasteiger partial charge in [0, 0.05) is 19.0 Å². The van der Waals surface area contributed by atoms with E-state index < -0.39 is 0 Å². The van der Waals surface area contributed by atoms with Gasteiger partial charge in [0.1, 0.15) is 0 Å². The summed E-state index contributed by atoms with van der Waals surface area (Å²) in [6.45, 7) is 5.16. The summed E-state index contributed by atoms with van der Waals surface area (Å²) in [4.78, 5) is 18.3. The molecule has 1 aromatic carbocycles. The van der Waals surface area contributed by atoms with Crippen LogP contribution in [0.3, 0.4) is 0 Å². The van der Waals surface area contributed by atoms with E-state index in [0.29, 0.717) is 36.3 Å². The van der Waals surface area contributed by atoms with Crippen LogP contribution < -0.4 is 9.47 Å². The Kier molecular flexibility index (Phi) is 4.69. The normalized spacial score (nSPS) is 14.6. The van der Waals surface area contributed by atoms with Crippen molar-refractivity contribution < 1.29 is 18.8 Å². The van der Waals surface area contributed by atoms with E-state index in [2.05, 4.69) is 10.1 Å². The summed E-state index contributed by atoms with van der Waals surface area (Å²) in [6.07, 6.45) is 0. The summed E-state index contributed by atoms with van der Waals surface area (Å²) in [5, 5.41) is 3.96. The Balaban J connectivity index is 1.49. The number of ether oxygens (including phenoxy) is 2. The average molecular weight is 331 g/mol. The van der Waals surface area contributed by atoms with E-state index in [9.17, 15) is 4.79 Å². The zero-order chi connectivity index (χ0) is 17.1. The molecule has 0 bridgehead atoms. The van der Waals surface area contributed by atoms with Crippen LogP contribution >= 0.6 is 0 Å². The van der Waals surface area contributed by atoms with E-state index in [1.54, 1.807) is 24.1 Å². The molecule has 1 aliphatic rings. The number of amides is 1. The third kappa shape index (κ3) is 3.34. The molecule has 1 saturated heterocycles. The molecular weight excluding hydrogens is 310 g/mol. The molecule has 2 heterocycles. The summed E-state index contributed by atoms with van der Waals surface area (Å²) in [5.74, 6) is 2.75. The molecule has 128 valence electrons. The monoisotopic (exact) mass is 331 g/mol. The zero-order valence-electron chi connectivity index (χ0n) is 14.1. The Morgan fingerprint density at radius 2 is 2.04 bits per heavy atom. The predicted molar refractivity (Wildman–Crippen MR) is 86.2 cm³/mol. The van der Waals surface area contributed by atoms with Crippen LogP contribution in [0.5, 0.6) is 11.5 Å². The molecule has 1 amide bonds. The quantitative estimate of drug-likeness (QED) is 0.807. The molecule has 0 N–H and O–H groups in total. The summed E-state index contributed by atoms with van der Waals surface area (Å²) in [7, 11) is 1.57. The molecule has 2 aromatic rings. The molecule has 3 rings (SSSR count). The Morgan fingerprint density at radius 3 is 2.67 bits per heavy atom. The lowest BCUT2D eigenvalue weighted by molar-refractivity contribution is -0.138. The van der Waals surface area contributed by atoms with E-state index >= 15 is 0 Å². The van der Waals surface area contributed by atoms with Crippen LogP contribution in [0.1, 0.15) is 37.4 Å². The highest BCUT2D eigenvalue weighted by Gasteiger charge is 2.35. The molecule has 24 heavy (non-hydrogen) atoms. The van der Waals surface area contributed by atoms with Crippen LogP contribution in [-0.4, -0.2) is 47.8 Å². The van der Waals surface area contributed by atoms with Crippen LogP contribution in [0.2, 0.25) is 0 Å². The Hall–Kier alpha value is -2.57. The minimum Gasteiger partial charge on any atom is -0.493 e. The van der Waals surface area contributed by atoms with Crippen molar-refractivity contribution in [3.05, 3.63) is 36.0 Å². The van der Waals surface area contributed by atoms with Crippen molar-refractivity contribution in [1.82, 2.24) is 15.0 Å². The second-order valence-corrected chi connectivity index (χ2v) is 6.08.